The maximum Gasteiger partial charge on any atom is 0.163 e. The summed E-state index contributed by atoms with van der Waals surface area (Å²) in [4.78, 5) is 0. The molecule has 2 rings (SSSR count). The van der Waals surface area contributed by atoms with Gasteiger partial charge < -0.3 is 0 Å². The van der Waals surface area contributed by atoms with Gasteiger partial charge in [0.05, 0.1) is 10.5 Å². The minimum absolute atomic E-state index is 0.187. The summed E-state index contributed by atoms with van der Waals surface area (Å²) in [5.41, 5.74) is 2.66. The monoisotopic (exact) mass is 254 g/mol. The smallest absolute Gasteiger partial charge is 0.163 e. The molecular formula is C14H22O2S. The second-order valence-corrected chi connectivity index (χ2v) is 7.61. The fourth-order valence-electron chi connectivity index (χ4n) is 2.64. The van der Waals surface area contributed by atoms with Gasteiger partial charge in [0.2, 0.25) is 0 Å². The van der Waals surface area contributed by atoms with E-state index in [1.807, 2.05) is 12.2 Å². The molecule has 0 saturated heterocycles. The Morgan fingerprint density at radius 2 is 1.35 bits per heavy atom. The quantitative estimate of drug-likeness (QED) is 0.681. The normalized spacial score (nSPS) is 27.9. The van der Waals surface area contributed by atoms with E-state index in [-0.39, 0.29) is 10.5 Å². The van der Waals surface area contributed by atoms with Crippen LogP contribution in [-0.2, 0) is 9.84 Å². The third kappa shape index (κ3) is 2.49. The molecule has 0 heterocycles. The first kappa shape index (κ1) is 12.9. The lowest BCUT2D eigenvalue weighted by Gasteiger charge is -2.32. The fraction of sp³-hybridized carbons (Fsp3) is 0.714. The molecule has 0 saturated carbocycles. The van der Waals surface area contributed by atoms with Gasteiger partial charge in [0.15, 0.2) is 9.84 Å². The van der Waals surface area contributed by atoms with Gasteiger partial charge in [-0.05, 0) is 25.7 Å². The van der Waals surface area contributed by atoms with Gasteiger partial charge in [-0.25, -0.2) is 8.42 Å². The summed E-state index contributed by atoms with van der Waals surface area (Å²) in [7, 11) is -2.92. The lowest BCUT2D eigenvalue weighted by molar-refractivity contribution is 0.563. The summed E-state index contributed by atoms with van der Waals surface area (Å²) in [6.07, 6.45) is 9.87. The number of allylic oxidation sites excluding steroid dienone is 2. The standard InChI is InChI=1S/C14H22O2S/c1-3-5-11-7-13(8-11)17(15,16)14-9-12(10-14)6-4-2/h7,9,13-14H,3-6,8,10H2,1-2H3. The number of sulfone groups is 1. The molecule has 0 fully saturated rings. The predicted octanol–water partition coefficient (Wildman–Crippen LogP) is 3.40. The van der Waals surface area contributed by atoms with E-state index in [2.05, 4.69) is 13.8 Å². The Labute approximate surface area is 105 Å². The molecule has 2 aliphatic carbocycles. The van der Waals surface area contributed by atoms with Crippen molar-refractivity contribution in [3.05, 3.63) is 23.3 Å². The molecule has 0 spiro atoms. The van der Waals surface area contributed by atoms with Gasteiger partial charge in [0.25, 0.3) is 0 Å². The lowest BCUT2D eigenvalue weighted by Crippen LogP contribution is -2.37. The number of hydrogen-bond acceptors (Lipinski definition) is 2. The topological polar surface area (TPSA) is 34.1 Å². The predicted molar refractivity (Wildman–Crippen MR) is 71.7 cm³/mol. The highest BCUT2D eigenvalue weighted by Gasteiger charge is 2.39. The highest BCUT2D eigenvalue weighted by atomic mass is 32.2. The average molecular weight is 254 g/mol. The molecule has 0 aromatic rings. The molecule has 2 unspecified atom stereocenters. The van der Waals surface area contributed by atoms with E-state index in [1.165, 1.54) is 11.1 Å². The Morgan fingerprint density at radius 3 is 1.65 bits per heavy atom. The zero-order valence-electron chi connectivity index (χ0n) is 10.8. The molecule has 0 amide bonds. The summed E-state index contributed by atoms with van der Waals surface area (Å²) < 4.78 is 24.4. The van der Waals surface area contributed by atoms with Crippen LogP contribution in [0, 0.1) is 0 Å². The van der Waals surface area contributed by atoms with Crippen LogP contribution >= 0.6 is 0 Å². The van der Waals surface area contributed by atoms with Gasteiger partial charge >= 0.3 is 0 Å². The van der Waals surface area contributed by atoms with E-state index < -0.39 is 9.84 Å². The largest absolute Gasteiger partial charge is 0.228 e. The fourth-order valence-corrected chi connectivity index (χ4v) is 4.74. The van der Waals surface area contributed by atoms with Crippen LogP contribution in [0.15, 0.2) is 23.3 Å². The summed E-state index contributed by atoms with van der Waals surface area (Å²) >= 11 is 0. The molecule has 2 nitrogen and oxygen atoms in total. The van der Waals surface area contributed by atoms with Crippen molar-refractivity contribution in [1.29, 1.82) is 0 Å². The first-order valence-corrected chi connectivity index (χ1v) is 8.30. The zero-order chi connectivity index (χ0) is 12.5. The number of hydrogen-bond donors (Lipinski definition) is 0. The molecule has 0 aromatic heterocycles. The molecule has 96 valence electrons. The highest BCUT2D eigenvalue weighted by molar-refractivity contribution is 7.93. The van der Waals surface area contributed by atoms with Crippen molar-refractivity contribution >= 4 is 9.84 Å². The molecule has 0 aromatic carbocycles. The zero-order valence-corrected chi connectivity index (χ0v) is 11.6. The summed E-state index contributed by atoms with van der Waals surface area (Å²) in [5.74, 6) is 0. The molecule has 0 N–H and O–H groups in total. The van der Waals surface area contributed by atoms with Gasteiger partial charge in [-0.15, -0.1) is 0 Å². The van der Waals surface area contributed by atoms with Crippen molar-refractivity contribution in [3.8, 4) is 0 Å². The van der Waals surface area contributed by atoms with Gasteiger partial charge in [-0.2, -0.15) is 0 Å². The number of rotatable bonds is 6. The van der Waals surface area contributed by atoms with Crippen molar-refractivity contribution < 1.29 is 8.42 Å². The highest BCUT2D eigenvalue weighted by Crippen LogP contribution is 2.37. The van der Waals surface area contributed by atoms with Gasteiger partial charge in [0, 0.05) is 0 Å². The Hall–Kier alpha value is -0.570. The minimum atomic E-state index is -2.92. The van der Waals surface area contributed by atoms with E-state index in [0.717, 1.165) is 38.5 Å². The first-order chi connectivity index (χ1) is 8.07. The van der Waals surface area contributed by atoms with Crippen LogP contribution in [0.1, 0.15) is 52.4 Å². The van der Waals surface area contributed by atoms with E-state index in [4.69, 9.17) is 0 Å². The molecule has 0 radical (unpaired) electrons. The lowest BCUT2D eigenvalue weighted by atomic mass is 9.94. The molecule has 0 bridgehead atoms. The van der Waals surface area contributed by atoms with Crippen LogP contribution in [0.25, 0.3) is 0 Å². The SMILES string of the molecule is CCCC1=CC(S(=O)(=O)C2C=C(CCC)C2)C1. The van der Waals surface area contributed by atoms with Crippen LogP contribution in [0.3, 0.4) is 0 Å². The molecule has 0 aliphatic heterocycles. The molecule has 2 atom stereocenters. The van der Waals surface area contributed by atoms with Crippen molar-refractivity contribution in [3.63, 3.8) is 0 Å². The summed E-state index contributed by atoms with van der Waals surface area (Å²) in [5, 5.41) is -0.373. The maximum absolute atomic E-state index is 12.2. The minimum Gasteiger partial charge on any atom is -0.228 e. The van der Waals surface area contributed by atoms with Crippen LogP contribution in [-0.4, -0.2) is 18.9 Å². The van der Waals surface area contributed by atoms with Crippen LogP contribution in [0.4, 0.5) is 0 Å². The summed E-state index contributed by atoms with van der Waals surface area (Å²) in [6, 6.07) is 0. The Kier molecular flexibility index (Phi) is 3.76. The molecule has 17 heavy (non-hydrogen) atoms. The van der Waals surface area contributed by atoms with Gasteiger partial charge in [-0.3, -0.25) is 0 Å². The summed E-state index contributed by atoms with van der Waals surface area (Å²) in [6.45, 7) is 4.27. The van der Waals surface area contributed by atoms with Crippen molar-refractivity contribution in [1.82, 2.24) is 0 Å². The molecule has 3 heteroatoms. The van der Waals surface area contributed by atoms with Crippen molar-refractivity contribution in [2.24, 2.45) is 0 Å². The third-order valence-electron chi connectivity index (χ3n) is 3.76. The van der Waals surface area contributed by atoms with E-state index in [1.54, 1.807) is 0 Å². The maximum atomic E-state index is 12.2. The van der Waals surface area contributed by atoms with Crippen molar-refractivity contribution in [2.75, 3.05) is 0 Å². The second-order valence-electron chi connectivity index (χ2n) is 5.22. The second kappa shape index (κ2) is 4.97. The Bertz CT molecular complexity index is 407. The third-order valence-corrected chi connectivity index (χ3v) is 6.05. The van der Waals surface area contributed by atoms with Crippen LogP contribution in [0.2, 0.25) is 0 Å². The van der Waals surface area contributed by atoms with E-state index in [9.17, 15) is 8.42 Å². The Balaban J connectivity index is 1.95. The first-order valence-electron chi connectivity index (χ1n) is 6.69. The molecular weight excluding hydrogens is 232 g/mol. The Morgan fingerprint density at radius 1 is 1.00 bits per heavy atom. The van der Waals surface area contributed by atoms with Crippen LogP contribution in [0.5, 0.6) is 0 Å². The van der Waals surface area contributed by atoms with Gasteiger partial charge in [0.1, 0.15) is 0 Å². The van der Waals surface area contributed by atoms with E-state index in [0.29, 0.717) is 0 Å². The van der Waals surface area contributed by atoms with Crippen LogP contribution < -0.4 is 0 Å². The van der Waals surface area contributed by atoms with E-state index >= 15 is 0 Å². The molecule has 2 aliphatic rings. The van der Waals surface area contributed by atoms with Crippen molar-refractivity contribution in [2.45, 2.75) is 62.9 Å². The van der Waals surface area contributed by atoms with Gasteiger partial charge in [-0.1, -0.05) is 50.0 Å². The average Bonchev–Trinajstić information content (AvgIpc) is 2.15.